The van der Waals surface area contributed by atoms with Crippen molar-refractivity contribution in [1.82, 2.24) is 29.4 Å². The molecule has 0 aromatic carbocycles. The van der Waals surface area contributed by atoms with E-state index >= 15 is 0 Å². The highest BCUT2D eigenvalue weighted by Gasteiger charge is 2.28. The zero-order chi connectivity index (χ0) is 19.0. The molecule has 3 aromatic rings. The van der Waals surface area contributed by atoms with Crippen LogP contribution in [0.4, 0.5) is 5.82 Å². The van der Waals surface area contributed by atoms with Crippen LogP contribution >= 0.6 is 11.5 Å². The first-order chi connectivity index (χ1) is 13.0. The minimum atomic E-state index is -0.0383. The van der Waals surface area contributed by atoms with Crippen molar-refractivity contribution in [3.63, 3.8) is 0 Å². The summed E-state index contributed by atoms with van der Waals surface area (Å²) in [6.45, 7) is 2.89. The molecule has 138 valence electrons. The molecular weight excluding hydrogens is 362 g/mol. The summed E-state index contributed by atoms with van der Waals surface area (Å²) >= 11 is 1.14. The third-order valence-electron chi connectivity index (χ3n) is 4.54. The van der Waals surface area contributed by atoms with Crippen LogP contribution in [-0.2, 0) is 13.0 Å². The largest absolute Gasteiger partial charge is 0.362 e. The van der Waals surface area contributed by atoms with E-state index in [0.29, 0.717) is 29.5 Å². The van der Waals surface area contributed by atoms with Crippen LogP contribution in [0.1, 0.15) is 26.6 Å². The number of hydrogen-bond donors (Lipinski definition) is 0. The van der Waals surface area contributed by atoms with Gasteiger partial charge in [0.15, 0.2) is 5.82 Å². The molecule has 9 heteroatoms. The normalized spacial score (nSPS) is 13.4. The molecule has 3 aromatic heterocycles. The quantitative estimate of drug-likeness (QED) is 0.685. The van der Waals surface area contributed by atoms with Gasteiger partial charge in [-0.2, -0.15) is 0 Å². The Balaban J connectivity index is 1.72. The molecule has 0 bridgehead atoms. The lowest BCUT2D eigenvalue weighted by molar-refractivity contribution is 0.0736. The van der Waals surface area contributed by atoms with Crippen LogP contribution in [0.15, 0.2) is 24.5 Å². The molecule has 0 radical (unpaired) electrons. The van der Waals surface area contributed by atoms with Crippen LogP contribution in [-0.4, -0.2) is 56.0 Å². The highest BCUT2D eigenvalue weighted by Crippen LogP contribution is 2.29. The molecule has 0 saturated carbocycles. The molecule has 0 unspecified atom stereocenters. The predicted octanol–water partition coefficient (Wildman–Crippen LogP) is 1.96. The Labute approximate surface area is 161 Å². The van der Waals surface area contributed by atoms with Gasteiger partial charge in [-0.15, -0.1) is 5.10 Å². The van der Waals surface area contributed by atoms with Crippen molar-refractivity contribution in [2.75, 3.05) is 25.5 Å². The maximum Gasteiger partial charge on any atom is 0.267 e. The average molecular weight is 381 g/mol. The van der Waals surface area contributed by atoms with E-state index in [2.05, 4.69) is 14.6 Å². The number of amides is 1. The Hall–Kier alpha value is -2.94. The minimum Gasteiger partial charge on any atom is -0.362 e. The molecule has 8 nitrogen and oxygen atoms in total. The monoisotopic (exact) mass is 381 g/mol. The van der Waals surface area contributed by atoms with E-state index in [9.17, 15) is 4.79 Å². The van der Waals surface area contributed by atoms with Gasteiger partial charge in [-0.05, 0) is 37.0 Å². The molecule has 0 atom stereocenters. The van der Waals surface area contributed by atoms with Crippen LogP contribution in [0.3, 0.4) is 0 Å². The molecule has 0 N–H and O–H groups in total. The van der Waals surface area contributed by atoms with E-state index in [1.54, 1.807) is 12.4 Å². The zero-order valence-corrected chi connectivity index (χ0v) is 16.2. The number of fused-ring (bicyclic) bond motifs is 1. The van der Waals surface area contributed by atoms with Crippen molar-refractivity contribution < 1.29 is 4.79 Å². The van der Waals surface area contributed by atoms with Crippen molar-refractivity contribution >= 4 is 23.3 Å². The first-order valence-electron chi connectivity index (χ1n) is 8.60. The summed E-state index contributed by atoms with van der Waals surface area (Å²) in [4.78, 5) is 30.9. The summed E-state index contributed by atoms with van der Waals surface area (Å²) in [5.74, 6) is 1.50. The number of aromatic nitrogens is 5. The van der Waals surface area contributed by atoms with Crippen LogP contribution in [0.2, 0.25) is 0 Å². The second kappa shape index (κ2) is 6.99. The number of pyridine rings is 1. The number of aryl methyl sites for hydroxylation is 1. The number of anilines is 1. The first-order valence-corrected chi connectivity index (χ1v) is 9.37. The Bertz CT molecular complexity index is 987. The topological polar surface area (TPSA) is 88.0 Å². The van der Waals surface area contributed by atoms with Crippen molar-refractivity contribution in [2.45, 2.75) is 19.9 Å². The Morgan fingerprint density at radius 2 is 2.00 bits per heavy atom. The molecule has 0 aliphatic carbocycles. The van der Waals surface area contributed by atoms with Crippen molar-refractivity contribution in [3.8, 4) is 11.4 Å². The SMILES string of the molecule is Cc1nnsc1C(=O)N1CCc2c(nc(-c3ccncc3)nc2N(C)C)C1. The maximum absolute atomic E-state index is 12.9. The number of rotatable bonds is 3. The van der Waals surface area contributed by atoms with Gasteiger partial charge in [-0.1, -0.05) is 4.49 Å². The summed E-state index contributed by atoms with van der Waals surface area (Å²) in [6.07, 6.45) is 4.17. The molecule has 1 aliphatic heterocycles. The molecule has 1 aliphatic rings. The fourth-order valence-corrected chi connectivity index (χ4v) is 3.78. The smallest absolute Gasteiger partial charge is 0.267 e. The van der Waals surface area contributed by atoms with Crippen LogP contribution < -0.4 is 4.90 Å². The Kier molecular flexibility index (Phi) is 4.53. The van der Waals surface area contributed by atoms with E-state index in [4.69, 9.17) is 9.97 Å². The first kappa shape index (κ1) is 17.5. The molecule has 0 fully saturated rings. The van der Waals surface area contributed by atoms with E-state index in [1.807, 2.05) is 43.0 Å². The maximum atomic E-state index is 12.9. The summed E-state index contributed by atoms with van der Waals surface area (Å²) < 4.78 is 3.88. The molecular formula is C18H19N7OS. The van der Waals surface area contributed by atoms with Crippen LogP contribution in [0.5, 0.6) is 0 Å². The lowest BCUT2D eigenvalue weighted by Gasteiger charge is -2.30. The zero-order valence-electron chi connectivity index (χ0n) is 15.4. The Morgan fingerprint density at radius 3 is 2.67 bits per heavy atom. The molecule has 0 saturated heterocycles. The summed E-state index contributed by atoms with van der Waals surface area (Å²) in [7, 11) is 3.95. The fourth-order valence-electron chi connectivity index (χ4n) is 3.16. The van der Waals surface area contributed by atoms with Gasteiger partial charge in [0.25, 0.3) is 5.91 Å². The highest BCUT2D eigenvalue weighted by molar-refractivity contribution is 7.07. The average Bonchev–Trinajstić information content (AvgIpc) is 3.12. The van der Waals surface area contributed by atoms with Gasteiger partial charge in [-0.25, -0.2) is 9.97 Å². The number of carbonyl (C=O) groups is 1. The number of carbonyl (C=O) groups excluding carboxylic acids is 1. The van der Waals surface area contributed by atoms with Crippen LogP contribution in [0.25, 0.3) is 11.4 Å². The lowest BCUT2D eigenvalue weighted by atomic mass is 10.0. The standard InChI is InChI=1S/C18H19N7OS/c1-11-15(27-23-22-11)18(26)25-9-6-13-14(10-25)20-16(21-17(13)24(2)3)12-4-7-19-8-5-12/h4-5,7-8H,6,9-10H2,1-3H3. The molecule has 4 rings (SSSR count). The van der Waals surface area contributed by atoms with Crippen molar-refractivity contribution in [2.24, 2.45) is 0 Å². The van der Waals surface area contributed by atoms with E-state index in [-0.39, 0.29) is 5.91 Å². The van der Waals surface area contributed by atoms with Gasteiger partial charge in [0.05, 0.1) is 17.9 Å². The Morgan fingerprint density at radius 1 is 1.22 bits per heavy atom. The molecule has 27 heavy (non-hydrogen) atoms. The summed E-state index contributed by atoms with van der Waals surface area (Å²) in [5.41, 5.74) is 3.56. The molecule has 1 amide bonds. The van der Waals surface area contributed by atoms with Gasteiger partial charge < -0.3 is 9.80 Å². The third kappa shape index (κ3) is 3.25. The van der Waals surface area contributed by atoms with E-state index < -0.39 is 0 Å². The van der Waals surface area contributed by atoms with Crippen molar-refractivity contribution in [3.05, 3.63) is 46.4 Å². The van der Waals surface area contributed by atoms with Crippen LogP contribution in [0, 0.1) is 6.92 Å². The van der Waals surface area contributed by atoms with Gasteiger partial charge >= 0.3 is 0 Å². The second-order valence-electron chi connectivity index (χ2n) is 6.59. The third-order valence-corrected chi connectivity index (χ3v) is 5.35. The van der Waals surface area contributed by atoms with Gasteiger partial charge in [0, 0.05) is 44.2 Å². The number of nitrogens with zero attached hydrogens (tertiary/aromatic N) is 7. The van der Waals surface area contributed by atoms with E-state index in [0.717, 1.165) is 40.6 Å². The molecule has 4 heterocycles. The van der Waals surface area contributed by atoms with Crippen molar-refractivity contribution in [1.29, 1.82) is 0 Å². The highest BCUT2D eigenvalue weighted by atomic mass is 32.1. The van der Waals surface area contributed by atoms with Gasteiger partial charge in [0.1, 0.15) is 10.7 Å². The minimum absolute atomic E-state index is 0.0383. The predicted molar refractivity (Wildman–Crippen MR) is 103 cm³/mol. The van der Waals surface area contributed by atoms with Gasteiger partial charge in [0.2, 0.25) is 0 Å². The summed E-state index contributed by atoms with van der Waals surface area (Å²) in [5, 5.41) is 3.95. The molecule has 0 spiro atoms. The fraction of sp³-hybridized carbons (Fsp3) is 0.333. The summed E-state index contributed by atoms with van der Waals surface area (Å²) in [6, 6.07) is 3.78. The van der Waals surface area contributed by atoms with E-state index in [1.165, 1.54) is 0 Å². The number of hydrogen-bond acceptors (Lipinski definition) is 8. The second-order valence-corrected chi connectivity index (χ2v) is 7.34. The lowest BCUT2D eigenvalue weighted by Crippen LogP contribution is -2.37. The van der Waals surface area contributed by atoms with Gasteiger partial charge in [-0.3, -0.25) is 9.78 Å².